The molecule has 0 spiro atoms. The van der Waals surface area contributed by atoms with Crippen LogP contribution in [0.15, 0.2) is 18.6 Å². The zero-order valence-electron chi connectivity index (χ0n) is 14.1. The third-order valence-electron chi connectivity index (χ3n) is 4.50. The minimum Gasteiger partial charge on any atom is -0.337 e. The van der Waals surface area contributed by atoms with E-state index in [1.54, 1.807) is 12.5 Å². The number of rotatable bonds is 6. The topological polar surface area (TPSA) is 89.7 Å². The van der Waals surface area contributed by atoms with Gasteiger partial charge in [-0.25, -0.2) is 9.48 Å². The summed E-state index contributed by atoms with van der Waals surface area (Å²) in [5.41, 5.74) is 0. The first-order valence-electron chi connectivity index (χ1n) is 8.73. The van der Waals surface area contributed by atoms with Crippen LogP contribution in [0.4, 0.5) is 10.6 Å². The Kier molecular flexibility index (Phi) is 5.45. The smallest absolute Gasteiger partial charge is 0.320 e. The van der Waals surface area contributed by atoms with Gasteiger partial charge in [-0.15, -0.1) is 10.2 Å². The zero-order chi connectivity index (χ0) is 16.8. The maximum Gasteiger partial charge on any atom is 0.320 e. The van der Waals surface area contributed by atoms with Crippen molar-refractivity contribution in [3.8, 4) is 0 Å². The summed E-state index contributed by atoms with van der Waals surface area (Å²) in [4.78, 5) is 12.1. The summed E-state index contributed by atoms with van der Waals surface area (Å²) in [6, 6.07) is 2.03. The standard InChI is InChI=1S/C16H25N7O/c1-2-22-12-18-21-15(22)8-10-17-16(24)20-14-9-11-19-23(14)13-6-4-3-5-7-13/h9,11-13H,2-8,10H2,1H3,(H2,17,20,24). The van der Waals surface area contributed by atoms with Gasteiger partial charge < -0.3 is 9.88 Å². The third kappa shape index (κ3) is 3.93. The molecule has 24 heavy (non-hydrogen) atoms. The van der Waals surface area contributed by atoms with Gasteiger partial charge in [0.25, 0.3) is 0 Å². The van der Waals surface area contributed by atoms with Gasteiger partial charge in [-0.1, -0.05) is 19.3 Å². The Hall–Kier alpha value is -2.38. The Labute approximate surface area is 141 Å². The molecule has 0 aliphatic heterocycles. The van der Waals surface area contributed by atoms with E-state index < -0.39 is 0 Å². The Morgan fingerprint density at radius 2 is 2.17 bits per heavy atom. The highest BCUT2D eigenvalue weighted by Crippen LogP contribution is 2.29. The van der Waals surface area contributed by atoms with Gasteiger partial charge in [-0.2, -0.15) is 5.10 Å². The summed E-state index contributed by atoms with van der Waals surface area (Å²) < 4.78 is 3.92. The van der Waals surface area contributed by atoms with Crippen LogP contribution >= 0.6 is 0 Å². The van der Waals surface area contributed by atoms with E-state index in [2.05, 4.69) is 25.9 Å². The van der Waals surface area contributed by atoms with E-state index in [1.807, 2.05) is 22.2 Å². The molecule has 2 N–H and O–H groups in total. The first-order valence-corrected chi connectivity index (χ1v) is 8.73. The number of aromatic nitrogens is 5. The molecule has 3 rings (SSSR count). The molecule has 0 radical (unpaired) electrons. The summed E-state index contributed by atoms with van der Waals surface area (Å²) in [5, 5.41) is 18.1. The van der Waals surface area contributed by atoms with Gasteiger partial charge in [0, 0.05) is 25.6 Å². The largest absolute Gasteiger partial charge is 0.337 e. The van der Waals surface area contributed by atoms with Gasteiger partial charge >= 0.3 is 6.03 Å². The van der Waals surface area contributed by atoms with Crippen LogP contribution in [0.2, 0.25) is 0 Å². The molecule has 1 aliphatic carbocycles. The molecule has 0 saturated heterocycles. The lowest BCUT2D eigenvalue weighted by Crippen LogP contribution is -2.32. The molecule has 1 aliphatic rings. The van der Waals surface area contributed by atoms with Crippen molar-refractivity contribution in [2.24, 2.45) is 0 Å². The highest BCUT2D eigenvalue weighted by molar-refractivity contribution is 5.88. The first kappa shape index (κ1) is 16.5. The molecule has 2 heterocycles. The molecule has 0 bridgehead atoms. The maximum atomic E-state index is 12.1. The van der Waals surface area contributed by atoms with Gasteiger partial charge in [0.05, 0.1) is 12.2 Å². The molecule has 2 aromatic rings. The number of urea groups is 1. The molecule has 1 fully saturated rings. The van der Waals surface area contributed by atoms with E-state index in [0.717, 1.165) is 31.0 Å². The minimum atomic E-state index is -0.213. The molecule has 8 nitrogen and oxygen atoms in total. The fourth-order valence-corrected chi connectivity index (χ4v) is 3.21. The van der Waals surface area contributed by atoms with E-state index in [-0.39, 0.29) is 6.03 Å². The quantitative estimate of drug-likeness (QED) is 0.850. The van der Waals surface area contributed by atoms with Crippen molar-refractivity contribution in [3.63, 3.8) is 0 Å². The number of carbonyl (C=O) groups is 1. The zero-order valence-corrected chi connectivity index (χ0v) is 14.1. The average molecular weight is 331 g/mol. The van der Waals surface area contributed by atoms with Crippen LogP contribution in [-0.2, 0) is 13.0 Å². The number of nitrogens with zero attached hydrogens (tertiary/aromatic N) is 5. The van der Waals surface area contributed by atoms with Gasteiger partial charge in [0.15, 0.2) is 0 Å². The summed E-state index contributed by atoms with van der Waals surface area (Å²) in [6.07, 6.45) is 10.1. The monoisotopic (exact) mass is 331 g/mol. The first-order chi connectivity index (χ1) is 11.8. The molecular weight excluding hydrogens is 306 g/mol. The number of amides is 2. The second-order valence-electron chi connectivity index (χ2n) is 6.12. The second-order valence-corrected chi connectivity index (χ2v) is 6.12. The molecule has 8 heteroatoms. The Bertz CT molecular complexity index is 657. The van der Waals surface area contributed by atoms with Gasteiger partial charge in [-0.05, 0) is 19.8 Å². The van der Waals surface area contributed by atoms with Crippen molar-refractivity contribution in [1.82, 2.24) is 29.9 Å². The predicted molar refractivity (Wildman–Crippen MR) is 90.8 cm³/mol. The van der Waals surface area contributed by atoms with Crippen molar-refractivity contribution >= 4 is 11.8 Å². The van der Waals surface area contributed by atoms with Crippen LogP contribution in [0.3, 0.4) is 0 Å². The third-order valence-corrected chi connectivity index (χ3v) is 4.50. The Balaban J connectivity index is 1.49. The van der Waals surface area contributed by atoms with Gasteiger partial charge in [0.1, 0.15) is 18.0 Å². The molecule has 0 unspecified atom stereocenters. The lowest BCUT2D eigenvalue weighted by Gasteiger charge is -2.23. The van der Waals surface area contributed by atoms with E-state index in [9.17, 15) is 4.79 Å². The van der Waals surface area contributed by atoms with Crippen molar-refractivity contribution in [2.45, 2.75) is 58.0 Å². The molecule has 130 valence electrons. The van der Waals surface area contributed by atoms with E-state index in [1.165, 1.54) is 19.3 Å². The van der Waals surface area contributed by atoms with E-state index in [4.69, 9.17) is 0 Å². The molecule has 1 saturated carbocycles. The predicted octanol–water partition coefficient (Wildman–Crippen LogP) is 2.36. The molecular formula is C16H25N7O. The molecule has 2 aromatic heterocycles. The fourth-order valence-electron chi connectivity index (χ4n) is 3.21. The average Bonchev–Trinajstić information content (AvgIpc) is 3.24. The second kappa shape index (κ2) is 7.94. The normalized spacial score (nSPS) is 15.4. The molecule has 2 amide bonds. The van der Waals surface area contributed by atoms with Crippen LogP contribution in [0.25, 0.3) is 0 Å². The van der Waals surface area contributed by atoms with E-state index >= 15 is 0 Å². The lowest BCUT2D eigenvalue weighted by atomic mass is 9.96. The summed E-state index contributed by atoms with van der Waals surface area (Å²) in [5.74, 6) is 1.64. The number of nitrogens with one attached hydrogen (secondary N) is 2. The van der Waals surface area contributed by atoms with Crippen molar-refractivity contribution in [2.75, 3.05) is 11.9 Å². The van der Waals surface area contributed by atoms with Crippen molar-refractivity contribution in [3.05, 3.63) is 24.4 Å². The number of hydrogen-bond acceptors (Lipinski definition) is 4. The highest BCUT2D eigenvalue weighted by atomic mass is 16.2. The fraction of sp³-hybridized carbons (Fsp3) is 0.625. The van der Waals surface area contributed by atoms with Crippen LogP contribution in [0.5, 0.6) is 0 Å². The summed E-state index contributed by atoms with van der Waals surface area (Å²) in [7, 11) is 0. The lowest BCUT2D eigenvalue weighted by molar-refractivity contribution is 0.251. The number of aryl methyl sites for hydroxylation is 1. The van der Waals surface area contributed by atoms with Crippen molar-refractivity contribution < 1.29 is 4.79 Å². The maximum absolute atomic E-state index is 12.1. The van der Waals surface area contributed by atoms with Crippen LogP contribution < -0.4 is 10.6 Å². The molecule has 0 aromatic carbocycles. The Morgan fingerprint density at radius 3 is 2.96 bits per heavy atom. The highest BCUT2D eigenvalue weighted by Gasteiger charge is 2.19. The van der Waals surface area contributed by atoms with Crippen LogP contribution in [0.1, 0.15) is 50.9 Å². The summed E-state index contributed by atoms with van der Waals surface area (Å²) >= 11 is 0. The SMILES string of the molecule is CCn1cnnc1CCNC(=O)Nc1ccnn1C1CCCCC1. The van der Waals surface area contributed by atoms with Crippen molar-refractivity contribution in [1.29, 1.82) is 0 Å². The molecule has 0 atom stereocenters. The van der Waals surface area contributed by atoms with Crippen LogP contribution in [0, 0.1) is 0 Å². The summed E-state index contributed by atoms with van der Waals surface area (Å²) in [6.45, 7) is 3.39. The number of carbonyl (C=O) groups excluding carboxylic acids is 1. The van der Waals surface area contributed by atoms with Gasteiger partial charge in [-0.3, -0.25) is 5.32 Å². The van der Waals surface area contributed by atoms with E-state index in [0.29, 0.717) is 19.0 Å². The minimum absolute atomic E-state index is 0.213. The Morgan fingerprint density at radius 1 is 1.33 bits per heavy atom. The van der Waals surface area contributed by atoms with Crippen LogP contribution in [-0.4, -0.2) is 37.1 Å². The number of anilines is 1. The number of hydrogen-bond donors (Lipinski definition) is 2. The van der Waals surface area contributed by atoms with Gasteiger partial charge in [0.2, 0.25) is 0 Å².